The summed E-state index contributed by atoms with van der Waals surface area (Å²) in [6.07, 6.45) is -4.55. The number of rotatable bonds is 2. The molecule has 86 valence electrons. The number of ether oxygens (including phenoxy) is 1. The van der Waals surface area contributed by atoms with Crippen molar-refractivity contribution in [3.05, 3.63) is 28.8 Å². The summed E-state index contributed by atoms with van der Waals surface area (Å²) in [7, 11) is 1.22. The van der Waals surface area contributed by atoms with Gasteiger partial charge in [0.05, 0.1) is 24.8 Å². The van der Waals surface area contributed by atoms with Crippen LogP contribution in [0.3, 0.4) is 0 Å². The largest absolute Gasteiger partial charge is 0.495 e. The molecular formula is C10H8F3NO2. The first kappa shape index (κ1) is 12.3. The molecule has 0 aromatic heterocycles. The van der Waals surface area contributed by atoms with Crippen LogP contribution in [0.5, 0.6) is 5.75 Å². The van der Waals surface area contributed by atoms with Crippen molar-refractivity contribution in [3.63, 3.8) is 0 Å². The molecule has 0 saturated heterocycles. The highest BCUT2D eigenvalue weighted by Gasteiger charge is 2.32. The lowest BCUT2D eigenvalue weighted by Gasteiger charge is -2.12. The van der Waals surface area contributed by atoms with E-state index >= 15 is 0 Å². The number of aliphatic hydroxyl groups excluding tert-OH is 1. The minimum atomic E-state index is -4.55. The van der Waals surface area contributed by atoms with E-state index in [1.165, 1.54) is 7.11 Å². The Morgan fingerprint density at radius 3 is 2.44 bits per heavy atom. The molecule has 0 heterocycles. The zero-order valence-electron chi connectivity index (χ0n) is 8.30. The number of hydrogen-bond acceptors (Lipinski definition) is 3. The molecular weight excluding hydrogens is 223 g/mol. The summed E-state index contributed by atoms with van der Waals surface area (Å²) in [5, 5.41) is 17.6. The highest BCUT2D eigenvalue weighted by Crippen LogP contribution is 2.34. The predicted octanol–water partition coefficient (Wildman–Crippen LogP) is 2.08. The van der Waals surface area contributed by atoms with Gasteiger partial charge in [0.15, 0.2) is 0 Å². The third-order valence-corrected chi connectivity index (χ3v) is 1.99. The van der Waals surface area contributed by atoms with Crippen LogP contribution in [0.15, 0.2) is 12.1 Å². The molecule has 0 atom stereocenters. The molecule has 0 aliphatic heterocycles. The summed E-state index contributed by atoms with van der Waals surface area (Å²) in [6.45, 7) is -0.623. The van der Waals surface area contributed by atoms with Crippen molar-refractivity contribution in [2.24, 2.45) is 0 Å². The summed E-state index contributed by atoms with van der Waals surface area (Å²) in [5.74, 6) is -0.0296. The van der Waals surface area contributed by atoms with E-state index in [1.807, 2.05) is 0 Å². The van der Waals surface area contributed by atoms with Crippen molar-refractivity contribution < 1.29 is 23.0 Å². The maximum Gasteiger partial charge on any atom is 0.416 e. The van der Waals surface area contributed by atoms with Crippen LogP contribution in [0.4, 0.5) is 13.2 Å². The molecule has 0 amide bonds. The van der Waals surface area contributed by atoms with Crippen molar-refractivity contribution in [1.82, 2.24) is 0 Å². The van der Waals surface area contributed by atoms with Crippen molar-refractivity contribution in [3.8, 4) is 11.8 Å². The van der Waals surface area contributed by atoms with Gasteiger partial charge >= 0.3 is 6.18 Å². The fourth-order valence-corrected chi connectivity index (χ4v) is 1.29. The van der Waals surface area contributed by atoms with Crippen molar-refractivity contribution in [2.75, 3.05) is 7.11 Å². The van der Waals surface area contributed by atoms with Gasteiger partial charge in [-0.15, -0.1) is 0 Å². The van der Waals surface area contributed by atoms with Crippen LogP contribution in [0.2, 0.25) is 0 Å². The average Bonchev–Trinajstić information content (AvgIpc) is 2.25. The molecule has 0 saturated carbocycles. The number of halogens is 3. The van der Waals surface area contributed by atoms with E-state index in [1.54, 1.807) is 6.07 Å². The van der Waals surface area contributed by atoms with Gasteiger partial charge in [0.25, 0.3) is 0 Å². The number of nitriles is 1. The Balaban J connectivity index is 3.45. The summed E-state index contributed by atoms with van der Waals surface area (Å²) in [6, 6.07) is 3.05. The highest BCUT2D eigenvalue weighted by molar-refractivity contribution is 5.51. The second-order valence-electron chi connectivity index (χ2n) is 2.98. The molecule has 1 aromatic rings. The van der Waals surface area contributed by atoms with E-state index in [0.717, 1.165) is 6.07 Å². The van der Waals surface area contributed by atoms with Crippen LogP contribution in [-0.4, -0.2) is 12.2 Å². The molecule has 6 heteroatoms. The third kappa shape index (κ3) is 2.25. The lowest BCUT2D eigenvalue weighted by Crippen LogP contribution is -2.08. The second-order valence-corrected chi connectivity index (χ2v) is 2.98. The van der Waals surface area contributed by atoms with Gasteiger partial charge in [-0.1, -0.05) is 0 Å². The number of alkyl halides is 3. The van der Waals surface area contributed by atoms with Gasteiger partial charge in [0, 0.05) is 5.56 Å². The Labute approximate surface area is 89.7 Å². The topological polar surface area (TPSA) is 53.2 Å². The maximum absolute atomic E-state index is 12.4. The minimum Gasteiger partial charge on any atom is -0.495 e. The molecule has 1 rings (SSSR count). The van der Waals surface area contributed by atoms with Crippen molar-refractivity contribution in [1.29, 1.82) is 5.26 Å². The lowest BCUT2D eigenvalue weighted by atomic mass is 10.0. The number of nitrogens with zero attached hydrogens (tertiary/aromatic N) is 1. The normalized spacial score (nSPS) is 11.0. The Kier molecular flexibility index (Phi) is 3.40. The maximum atomic E-state index is 12.4. The first-order valence-corrected chi connectivity index (χ1v) is 4.23. The molecule has 0 fully saturated rings. The number of methoxy groups -OCH3 is 1. The summed E-state index contributed by atoms with van der Waals surface area (Å²) in [5.41, 5.74) is -1.29. The van der Waals surface area contributed by atoms with Gasteiger partial charge in [0.1, 0.15) is 11.8 Å². The van der Waals surface area contributed by atoms with Crippen LogP contribution >= 0.6 is 0 Å². The van der Waals surface area contributed by atoms with Gasteiger partial charge < -0.3 is 9.84 Å². The molecule has 1 N–H and O–H groups in total. The summed E-state index contributed by atoms with van der Waals surface area (Å²) in [4.78, 5) is 0. The van der Waals surface area contributed by atoms with E-state index in [0.29, 0.717) is 6.07 Å². The number of benzene rings is 1. The van der Waals surface area contributed by atoms with Gasteiger partial charge in [-0.25, -0.2) is 0 Å². The molecule has 3 nitrogen and oxygen atoms in total. The summed E-state index contributed by atoms with van der Waals surface area (Å²) < 4.78 is 42.0. The van der Waals surface area contributed by atoms with E-state index in [4.69, 9.17) is 15.1 Å². The van der Waals surface area contributed by atoms with Crippen LogP contribution in [-0.2, 0) is 12.8 Å². The molecule has 0 unspecified atom stereocenters. The number of aliphatic hydroxyl groups is 1. The third-order valence-electron chi connectivity index (χ3n) is 1.99. The molecule has 16 heavy (non-hydrogen) atoms. The van der Waals surface area contributed by atoms with Crippen molar-refractivity contribution in [2.45, 2.75) is 12.8 Å². The quantitative estimate of drug-likeness (QED) is 0.847. The average molecular weight is 231 g/mol. The minimum absolute atomic E-state index is 0.0296. The Morgan fingerprint density at radius 2 is 2.06 bits per heavy atom. The SMILES string of the molecule is COc1c(C#N)cc(C(F)(F)F)cc1CO. The molecule has 0 radical (unpaired) electrons. The molecule has 1 aromatic carbocycles. The molecule has 0 bridgehead atoms. The van der Waals surface area contributed by atoms with Crippen LogP contribution < -0.4 is 4.74 Å². The molecule has 0 aliphatic rings. The molecule has 0 aliphatic carbocycles. The Bertz CT molecular complexity index is 435. The van der Waals surface area contributed by atoms with Crippen LogP contribution in [0, 0.1) is 11.3 Å². The first-order chi connectivity index (χ1) is 7.43. The van der Waals surface area contributed by atoms with E-state index < -0.39 is 18.3 Å². The van der Waals surface area contributed by atoms with E-state index in [2.05, 4.69) is 0 Å². The zero-order chi connectivity index (χ0) is 12.3. The smallest absolute Gasteiger partial charge is 0.416 e. The zero-order valence-corrected chi connectivity index (χ0v) is 8.30. The van der Waals surface area contributed by atoms with Gasteiger partial charge in [-0.2, -0.15) is 18.4 Å². The molecule has 0 spiro atoms. The fourth-order valence-electron chi connectivity index (χ4n) is 1.29. The Hall–Kier alpha value is -1.74. The standard InChI is InChI=1S/C10H8F3NO2/c1-16-9-6(4-14)2-8(10(11,12)13)3-7(9)5-15/h2-3,15H,5H2,1H3. The fraction of sp³-hybridized carbons (Fsp3) is 0.300. The van der Waals surface area contributed by atoms with Gasteiger partial charge in [0.2, 0.25) is 0 Å². The van der Waals surface area contributed by atoms with Crippen molar-refractivity contribution >= 4 is 0 Å². The summed E-state index contributed by atoms with van der Waals surface area (Å²) >= 11 is 0. The highest BCUT2D eigenvalue weighted by atomic mass is 19.4. The van der Waals surface area contributed by atoms with E-state index in [9.17, 15) is 13.2 Å². The monoisotopic (exact) mass is 231 g/mol. The first-order valence-electron chi connectivity index (χ1n) is 4.23. The van der Waals surface area contributed by atoms with Crippen LogP contribution in [0.25, 0.3) is 0 Å². The van der Waals surface area contributed by atoms with Gasteiger partial charge in [-0.3, -0.25) is 0 Å². The van der Waals surface area contributed by atoms with Crippen LogP contribution in [0.1, 0.15) is 16.7 Å². The van der Waals surface area contributed by atoms with Gasteiger partial charge in [-0.05, 0) is 12.1 Å². The second kappa shape index (κ2) is 4.41. The number of hydrogen-bond donors (Lipinski definition) is 1. The van der Waals surface area contributed by atoms with E-state index in [-0.39, 0.29) is 16.9 Å². The predicted molar refractivity (Wildman–Crippen MR) is 48.6 cm³/mol. The lowest BCUT2D eigenvalue weighted by molar-refractivity contribution is -0.137. The Morgan fingerprint density at radius 1 is 1.44 bits per heavy atom.